The summed E-state index contributed by atoms with van der Waals surface area (Å²) in [5.74, 6) is 0.117. The average molecular weight is 408 g/mol. The Morgan fingerprint density at radius 3 is 2.70 bits per heavy atom. The van der Waals surface area contributed by atoms with Crippen LogP contribution >= 0.6 is 0 Å². The smallest absolute Gasteiger partial charge is 0.344 e. The molecule has 0 radical (unpaired) electrons. The number of benzene rings is 2. The van der Waals surface area contributed by atoms with Gasteiger partial charge in [0.2, 0.25) is 0 Å². The number of ether oxygens (including phenoxy) is 2. The summed E-state index contributed by atoms with van der Waals surface area (Å²) < 4.78 is 10.6. The number of nitrogens with one attached hydrogen (secondary N) is 2. The molecule has 0 spiro atoms. The third-order valence-electron chi connectivity index (χ3n) is 4.98. The van der Waals surface area contributed by atoms with Crippen LogP contribution in [0.25, 0.3) is 10.9 Å². The predicted molar refractivity (Wildman–Crippen MR) is 117 cm³/mol. The van der Waals surface area contributed by atoms with Gasteiger partial charge in [0.25, 0.3) is 5.91 Å². The lowest BCUT2D eigenvalue weighted by Gasteiger charge is -2.12. The molecule has 3 rings (SSSR count). The summed E-state index contributed by atoms with van der Waals surface area (Å²) >= 11 is 0. The number of H-pyrrole nitrogens is 1. The molecule has 0 saturated carbocycles. The van der Waals surface area contributed by atoms with Crippen molar-refractivity contribution in [3.63, 3.8) is 0 Å². The molecule has 6 heteroatoms. The summed E-state index contributed by atoms with van der Waals surface area (Å²) in [6.07, 6.45) is 2.64. The number of fused-ring (bicyclic) bond motifs is 1. The van der Waals surface area contributed by atoms with E-state index in [0.29, 0.717) is 24.6 Å². The maximum Gasteiger partial charge on any atom is 0.344 e. The highest BCUT2D eigenvalue weighted by atomic mass is 16.6. The van der Waals surface area contributed by atoms with Gasteiger partial charge in [0.05, 0.1) is 0 Å². The van der Waals surface area contributed by atoms with Gasteiger partial charge in [-0.15, -0.1) is 0 Å². The van der Waals surface area contributed by atoms with E-state index in [2.05, 4.69) is 24.1 Å². The molecular formula is C24H28N2O4. The van der Waals surface area contributed by atoms with Crippen LogP contribution < -0.4 is 10.1 Å². The molecule has 1 heterocycles. The van der Waals surface area contributed by atoms with Gasteiger partial charge in [-0.25, -0.2) is 4.79 Å². The fourth-order valence-corrected chi connectivity index (χ4v) is 3.18. The highest BCUT2D eigenvalue weighted by Crippen LogP contribution is 2.24. The maximum absolute atomic E-state index is 12.0. The van der Waals surface area contributed by atoms with Crippen molar-refractivity contribution < 1.29 is 19.1 Å². The Balaban J connectivity index is 1.38. The fraction of sp³-hybridized carbons (Fsp3) is 0.333. The summed E-state index contributed by atoms with van der Waals surface area (Å²) in [5, 5.41) is 3.92. The number of aromatic nitrogens is 1. The van der Waals surface area contributed by atoms with Crippen LogP contribution in [0.15, 0.2) is 48.7 Å². The van der Waals surface area contributed by atoms with Crippen LogP contribution in [0.1, 0.15) is 36.5 Å². The molecular weight excluding hydrogens is 380 g/mol. The van der Waals surface area contributed by atoms with E-state index in [4.69, 9.17) is 9.47 Å². The van der Waals surface area contributed by atoms with Crippen LogP contribution in [-0.4, -0.2) is 36.6 Å². The zero-order valence-electron chi connectivity index (χ0n) is 17.7. The number of aromatic amines is 1. The Labute approximate surface area is 176 Å². The van der Waals surface area contributed by atoms with Crippen molar-refractivity contribution in [1.29, 1.82) is 0 Å². The first kappa shape index (κ1) is 21.4. The normalized spacial score (nSPS) is 10.9. The van der Waals surface area contributed by atoms with Crippen LogP contribution in [0.2, 0.25) is 0 Å². The number of rotatable bonds is 9. The summed E-state index contributed by atoms with van der Waals surface area (Å²) in [4.78, 5) is 27.1. The quantitative estimate of drug-likeness (QED) is 0.527. The van der Waals surface area contributed by atoms with Crippen molar-refractivity contribution in [3.05, 3.63) is 65.4 Å². The number of hydrogen-bond acceptors (Lipinski definition) is 4. The Morgan fingerprint density at radius 1 is 1.10 bits per heavy atom. The molecule has 0 saturated heterocycles. The number of aryl methyl sites for hydroxylation is 1. The van der Waals surface area contributed by atoms with Crippen LogP contribution in [-0.2, 0) is 20.7 Å². The highest BCUT2D eigenvalue weighted by molar-refractivity contribution is 5.83. The van der Waals surface area contributed by atoms with Gasteiger partial charge in [-0.1, -0.05) is 44.2 Å². The fourth-order valence-electron chi connectivity index (χ4n) is 3.18. The van der Waals surface area contributed by atoms with Crippen molar-refractivity contribution in [2.45, 2.75) is 33.1 Å². The van der Waals surface area contributed by atoms with Gasteiger partial charge in [0, 0.05) is 23.6 Å². The van der Waals surface area contributed by atoms with E-state index < -0.39 is 5.97 Å². The lowest BCUT2D eigenvalue weighted by atomic mass is 10.0. The molecule has 6 nitrogen and oxygen atoms in total. The van der Waals surface area contributed by atoms with Crippen LogP contribution in [0, 0.1) is 6.92 Å². The first-order valence-electron chi connectivity index (χ1n) is 10.1. The van der Waals surface area contributed by atoms with Crippen molar-refractivity contribution in [1.82, 2.24) is 10.3 Å². The van der Waals surface area contributed by atoms with Gasteiger partial charge in [0.15, 0.2) is 13.2 Å². The number of amides is 1. The Hall–Kier alpha value is -3.28. The lowest BCUT2D eigenvalue weighted by molar-refractivity contribution is -0.150. The van der Waals surface area contributed by atoms with Gasteiger partial charge in [0.1, 0.15) is 5.75 Å². The topological polar surface area (TPSA) is 80.4 Å². The maximum atomic E-state index is 12.0. The summed E-state index contributed by atoms with van der Waals surface area (Å²) in [7, 11) is 0. The number of para-hydroxylation sites is 1. The van der Waals surface area contributed by atoms with Crippen LogP contribution in [0.4, 0.5) is 0 Å². The van der Waals surface area contributed by atoms with Gasteiger partial charge >= 0.3 is 5.97 Å². The summed E-state index contributed by atoms with van der Waals surface area (Å²) in [6, 6.07) is 14.0. The van der Waals surface area contributed by atoms with Gasteiger partial charge < -0.3 is 19.8 Å². The zero-order valence-corrected chi connectivity index (χ0v) is 17.7. The van der Waals surface area contributed by atoms with E-state index in [1.807, 2.05) is 55.6 Å². The van der Waals surface area contributed by atoms with Crippen molar-refractivity contribution in [2.75, 3.05) is 19.8 Å². The molecule has 1 amide bonds. The Bertz CT molecular complexity index is 1020. The largest absolute Gasteiger partial charge is 0.482 e. The minimum Gasteiger partial charge on any atom is -0.482 e. The lowest BCUT2D eigenvalue weighted by Crippen LogP contribution is -2.31. The molecule has 0 fully saturated rings. The Kier molecular flexibility index (Phi) is 7.12. The van der Waals surface area contributed by atoms with Crippen molar-refractivity contribution >= 4 is 22.8 Å². The molecule has 0 bridgehead atoms. The van der Waals surface area contributed by atoms with E-state index in [1.54, 1.807) is 0 Å². The number of carbonyl (C=O) groups excluding carboxylic acids is 2. The van der Waals surface area contributed by atoms with E-state index in [9.17, 15) is 9.59 Å². The molecule has 1 aromatic heterocycles. The second-order valence-corrected chi connectivity index (χ2v) is 7.59. The molecule has 0 aliphatic rings. The van der Waals surface area contributed by atoms with Crippen molar-refractivity contribution in [2.24, 2.45) is 0 Å². The minimum atomic E-state index is -0.573. The number of hydrogen-bond donors (Lipinski definition) is 2. The van der Waals surface area contributed by atoms with Gasteiger partial charge in [-0.3, -0.25) is 4.79 Å². The third kappa shape index (κ3) is 5.63. The van der Waals surface area contributed by atoms with E-state index >= 15 is 0 Å². The standard InChI is InChI=1S/C24H28N2O4/c1-16(2)18-9-8-17(3)22(12-18)29-15-24(28)30-14-23(27)25-11-10-19-13-26-21-7-5-4-6-20(19)21/h4-9,12-13,16,26H,10-11,14-15H2,1-3H3,(H,25,27). The van der Waals surface area contributed by atoms with Gasteiger partial charge in [-0.2, -0.15) is 0 Å². The van der Waals surface area contributed by atoms with Gasteiger partial charge in [-0.05, 0) is 48.1 Å². The summed E-state index contributed by atoms with van der Waals surface area (Å²) in [5.41, 5.74) is 4.29. The second-order valence-electron chi connectivity index (χ2n) is 7.59. The first-order chi connectivity index (χ1) is 14.4. The summed E-state index contributed by atoms with van der Waals surface area (Å²) in [6.45, 7) is 6.04. The van der Waals surface area contributed by atoms with E-state index in [-0.39, 0.29) is 19.1 Å². The Morgan fingerprint density at radius 2 is 1.90 bits per heavy atom. The monoisotopic (exact) mass is 408 g/mol. The number of esters is 1. The van der Waals surface area contributed by atoms with E-state index in [0.717, 1.165) is 27.6 Å². The molecule has 30 heavy (non-hydrogen) atoms. The molecule has 2 N–H and O–H groups in total. The molecule has 0 atom stereocenters. The second kappa shape index (κ2) is 9.96. The molecule has 0 unspecified atom stereocenters. The third-order valence-corrected chi connectivity index (χ3v) is 4.98. The average Bonchev–Trinajstić information content (AvgIpc) is 3.14. The number of carbonyl (C=O) groups is 2. The minimum absolute atomic E-state index is 0.231. The molecule has 0 aliphatic heterocycles. The van der Waals surface area contributed by atoms with E-state index in [1.165, 1.54) is 0 Å². The first-order valence-corrected chi connectivity index (χ1v) is 10.1. The SMILES string of the molecule is Cc1ccc(C(C)C)cc1OCC(=O)OCC(=O)NCCc1c[nH]c2ccccc12. The molecule has 3 aromatic rings. The predicted octanol–water partition coefficient (Wildman–Crippen LogP) is 3.88. The molecule has 2 aromatic carbocycles. The zero-order chi connectivity index (χ0) is 21.5. The molecule has 0 aliphatic carbocycles. The van der Waals surface area contributed by atoms with Crippen LogP contribution in [0.3, 0.4) is 0 Å². The highest BCUT2D eigenvalue weighted by Gasteiger charge is 2.11. The van der Waals surface area contributed by atoms with Crippen molar-refractivity contribution in [3.8, 4) is 5.75 Å². The molecule has 158 valence electrons. The van der Waals surface area contributed by atoms with Crippen LogP contribution in [0.5, 0.6) is 5.75 Å².